The van der Waals surface area contributed by atoms with Gasteiger partial charge in [0.25, 0.3) is 0 Å². The SMILES string of the molecule is C#C.C#C.C#C.C=CC.CC1(C)C(c2ccc(C(=O)O)cc2)=CC[C@@]2(C)C1CC[C@]1(C)C2CC[C@@H]2C3CCC[C@]3(NCCN3CCN(SC4CC4)CC3)CC[C@]21C. The van der Waals surface area contributed by atoms with Gasteiger partial charge in [-0.05, 0) is 146 Å². The van der Waals surface area contributed by atoms with Crippen LogP contribution >= 0.6 is 11.9 Å². The van der Waals surface area contributed by atoms with Gasteiger partial charge >= 0.3 is 5.97 Å². The van der Waals surface area contributed by atoms with Crippen LogP contribution in [0.3, 0.4) is 0 Å². The third-order valence-electron chi connectivity index (χ3n) is 16.4. The lowest BCUT2D eigenvalue weighted by Gasteiger charge is -2.72. The number of piperazine rings is 1. The Hall–Kier alpha value is -2.92. The number of carboxylic acids is 1. The van der Waals surface area contributed by atoms with Crippen LogP contribution in [0.1, 0.15) is 135 Å². The third-order valence-corrected chi connectivity index (χ3v) is 17.9. The summed E-state index contributed by atoms with van der Waals surface area (Å²) in [7, 11) is 0. The number of fused-ring (bicyclic) bond motifs is 7. The van der Waals surface area contributed by atoms with Crippen molar-refractivity contribution in [3.63, 3.8) is 0 Å². The van der Waals surface area contributed by atoms with Crippen LogP contribution in [0.25, 0.3) is 5.57 Å². The van der Waals surface area contributed by atoms with Gasteiger partial charge in [0, 0.05) is 50.1 Å². The normalized spacial score (nSPS) is 36.2. The second kappa shape index (κ2) is 19.4. The zero-order valence-corrected chi connectivity index (χ0v) is 37.2. The summed E-state index contributed by atoms with van der Waals surface area (Å²) in [5.74, 6) is 2.25. The Bertz CT molecular complexity index is 1580. The smallest absolute Gasteiger partial charge is 0.335 e. The standard InChI is InChI=1S/C42H63N3O2S.C3H6.3C2H2/c1-38(2)32(29-8-10-30(11-9-29)37(46)47)16-19-39(3)35(38)17-20-41(5)36(39)15-14-33-34-7-6-18-42(34,22-21-40(33,41)4)43-23-24-44-25-27-45(28-26-44)48-31-12-13-31;1-3-2;3*1-2/h8-11,16,31,33-36,43H,6-7,12-15,17-28H2,1-5H3,(H,46,47);3H,1H2,2H3;3*1-2H/t33-,34?,35?,36?,39+,40-,41-,42+;;;;/m1..../s1. The number of nitrogens with one attached hydrogen (secondary N) is 1. The Labute approximate surface area is 353 Å². The summed E-state index contributed by atoms with van der Waals surface area (Å²) in [5, 5.41) is 14.7. The predicted octanol–water partition coefficient (Wildman–Crippen LogP) is 10.9. The van der Waals surface area contributed by atoms with E-state index >= 15 is 0 Å². The van der Waals surface area contributed by atoms with Gasteiger partial charge < -0.3 is 10.4 Å². The molecule has 5 saturated carbocycles. The van der Waals surface area contributed by atoms with Crippen molar-refractivity contribution in [2.75, 3.05) is 39.3 Å². The Balaban J connectivity index is 0.000000744. The highest BCUT2D eigenvalue weighted by molar-refractivity contribution is 7.97. The van der Waals surface area contributed by atoms with E-state index in [1.54, 1.807) is 18.2 Å². The summed E-state index contributed by atoms with van der Waals surface area (Å²) in [4.78, 5) is 14.3. The number of aromatic carboxylic acids is 1. The number of carboxylic acid groups (broad SMARTS) is 1. The van der Waals surface area contributed by atoms with Crippen molar-refractivity contribution in [2.45, 2.75) is 129 Å². The van der Waals surface area contributed by atoms with Gasteiger partial charge in [0.05, 0.1) is 5.56 Å². The van der Waals surface area contributed by atoms with Crippen LogP contribution in [0.2, 0.25) is 0 Å². The molecule has 57 heavy (non-hydrogen) atoms. The van der Waals surface area contributed by atoms with Gasteiger partial charge in [-0.3, -0.25) is 4.90 Å². The summed E-state index contributed by atoms with van der Waals surface area (Å²) < 4.78 is 2.64. The van der Waals surface area contributed by atoms with Gasteiger partial charge in [-0.2, -0.15) is 0 Å². The number of carbonyl (C=O) groups is 1. The maximum Gasteiger partial charge on any atom is 0.335 e. The minimum Gasteiger partial charge on any atom is -0.478 e. The van der Waals surface area contributed by atoms with E-state index in [2.05, 4.69) is 124 Å². The number of hydrogen-bond donors (Lipinski definition) is 2. The molecule has 0 aromatic heterocycles. The molecule has 0 bridgehead atoms. The first-order valence-corrected chi connectivity index (χ1v) is 22.7. The highest BCUT2D eigenvalue weighted by Gasteiger charge is 2.69. The first-order valence-electron chi connectivity index (χ1n) is 21.8. The van der Waals surface area contributed by atoms with Gasteiger partial charge in [0.2, 0.25) is 0 Å². The van der Waals surface area contributed by atoms with Crippen molar-refractivity contribution in [3.05, 3.63) is 54.1 Å². The van der Waals surface area contributed by atoms with E-state index < -0.39 is 5.97 Å². The Kier molecular flexibility index (Phi) is 15.9. The Morgan fingerprint density at radius 3 is 2.05 bits per heavy atom. The minimum absolute atomic E-state index is 0.0661. The van der Waals surface area contributed by atoms with Crippen molar-refractivity contribution in [1.82, 2.24) is 14.5 Å². The summed E-state index contributed by atoms with van der Waals surface area (Å²) in [6.07, 6.45) is 44.8. The van der Waals surface area contributed by atoms with Crippen molar-refractivity contribution in [1.29, 1.82) is 0 Å². The lowest BCUT2D eigenvalue weighted by Crippen LogP contribution is -2.67. The quantitative estimate of drug-likeness (QED) is 0.155. The maximum absolute atomic E-state index is 11.5. The maximum atomic E-state index is 11.5. The highest BCUT2D eigenvalue weighted by Crippen LogP contribution is 2.76. The Morgan fingerprint density at radius 1 is 0.825 bits per heavy atom. The molecule has 8 rings (SSSR count). The average molecular weight is 794 g/mol. The molecule has 2 N–H and O–H groups in total. The summed E-state index contributed by atoms with van der Waals surface area (Å²) in [5.41, 5.74) is 4.57. The van der Waals surface area contributed by atoms with E-state index in [9.17, 15) is 9.90 Å². The molecule has 0 radical (unpaired) electrons. The minimum atomic E-state index is -0.845. The van der Waals surface area contributed by atoms with Gasteiger partial charge in [-0.25, -0.2) is 9.10 Å². The number of allylic oxidation sites excluding steroid dienone is 3. The second-order valence-electron chi connectivity index (χ2n) is 19.2. The lowest BCUT2D eigenvalue weighted by atomic mass is 9.33. The van der Waals surface area contributed by atoms with E-state index in [0.29, 0.717) is 33.3 Å². The molecular weight excluding hydrogens is 719 g/mol. The van der Waals surface area contributed by atoms with Crippen molar-refractivity contribution < 1.29 is 9.90 Å². The number of terminal acetylenes is 3. The number of rotatable bonds is 8. The van der Waals surface area contributed by atoms with E-state index in [4.69, 9.17) is 0 Å². The molecule has 1 heterocycles. The van der Waals surface area contributed by atoms with Gasteiger partial charge in [-0.1, -0.05) is 77.3 Å². The molecule has 3 unspecified atom stereocenters. The van der Waals surface area contributed by atoms with Gasteiger partial charge in [-0.15, -0.1) is 45.1 Å². The molecule has 312 valence electrons. The molecule has 6 aliphatic carbocycles. The number of nitrogens with zero attached hydrogens (tertiary/aromatic N) is 2. The molecule has 5 nitrogen and oxygen atoms in total. The van der Waals surface area contributed by atoms with Crippen molar-refractivity contribution in [3.8, 4) is 38.5 Å². The van der Waals surface area contributed by atoms with E-state index in [1.807, 2.05) is 6.92 Å². The average Bonchev–Trinajstić information content (AvgIpc) is 3.93. The second-order valence-corrected chi connectivity index (χ2v) is 20.6. The fraction of sp³-hybridized carbons (Fsp3) is 0.667. The molecule has 7 aliphatic rings. The Morgan fingerprint density at radius 2 is 1.46 bits per heavy atom. The van der Waals surface area contributed by atoms with E-state index in [0.717, 1.165) is 36.0 Å². The monoisotopic (exact) mass is 794 g/mol. The molecule has 6 heteroatoms. The predicted molar refractivity (Wildman–Crippen MR) is 245 cm³/mol. The number of benzene rings is 1. The molecular formula is C51H75N3O2S. The van der Waals surface area contributed by atoms with Crippen LogP contribution in [0.5, 0.6) is 0 Å². The van der Waals surface area contributed by atoms with Crippen LogP contribution in [0.4, 0.5) is 0 Å². The molecule has 1 saturated heterocycles. The van der Waals surface area contributed by atoms with Gasteiger partial charge in [0.15, 0.2) is 0 Å². The van der Waals surface area contributed by atoms with Crippen LogP contribution in [-0.4, -0.2) is 70.3 Å². The zero-order valence-electron chi connectivity index (χ0n) is 36.4. The van der Waals surface area contributed by atoms with Gasteiger partial charge in [0.1, 0.15) is 0 Å². The largest absolute Gasteiger partial charge is 0.478 e. The first-order chi connectivity index (χ1) is 27.3. The van der Waals surface area contributed by atoms with Crippen molar-refractivity contribution in [2.24, 2.45) is 45.3 Å². The zero-order chi connectivity index (χ0) is 42.2. The molecule has 1 aliphatic heterocycles. The molecule has 0 amide bonds. The summed E-state index contributed by atoms with van der Waals surface area (Å²) in [6, 6.07) is 7.69. The molecule has 1 aromatic rings. The fourth-order valence-electron chi connectivity index (χ4n) is 13.7. The lowest BCUT2D eigenvalue weighted by molar-refractivity contribution is -0.217. The van der Waals surface area contributed by atoms with E-state index in [-0.39, 0.29) is 5.41 Å². The van der Waals surface area contributed by atoms with Crippen LogP contribution in [0, 0.1) is 83.9 Å². The number of hydrogen-bond acceptors (Lipinski definition) is 5. The summed E-state index contributed by atoms with van der Waals surface area (Å²) >= 11 is 2.14. The molecule has 1 aromatic carbocycles. The van der Waals surface area contributed by atoms with E-state index in [1.165, 1.54) is 114 Å². The van der Waals surface area contributed by atoms with Crippen LogP contribution in [-0.2, 0) is 0 Å². The molecule has 6 fully saturated rings. The van der Waals surface area contributed by atoms with Crippen LogP contribution < -0.4 is 5.32 Å². The topological polar surface area (TPSA) is 55.8 Å². The first kappa shape index (κ1) is 46.8. The molecule has 8 atom stereocenters. The molecule has 0 spiro atoms. The third kappa shape index (κ3) is 8.85. The van der Waals surface area contributed by atoms with Crippen molar-refractivity contribution >= 4 is 23.5 Å². The summed E-state index contributed by atoms with van der Waals surface area (Å²) in [6.45, 7) is 25.8. The van der Waals surface area contributed by atoms with Crippen LogP contribution in [0.15, 0.2) is 43.0 Å². The highest BCUT2D eigenvalue weighted by atomic mass is 32.2. The fourth-order valence-corrected chi connectivity index (χ4v) is 14.8.